The molecule has 0 amide bonds. The van der Waals surface area contributed by atoms with Crippen LogP contribution in [0.25, 0.3) is 0 Å². The van der Waals surface area contributed by atoms with Crippen LogP contribution in [0.15, 0.2) is 22.8 Å². The first-order chi connectivity index (χ1) is 7.22. The zero-order chi connectivity index (χ0) is 11.3. The molecule has 0 atom stereocenters. The van der Waals surface area contributed by atoms with E-state index in [-0.39, 0.29) is 5.82 Å². The van der Waals surface area contributed by atoms with Gasteiger partial charge in [-0.1, -0.05) is 17.8 Å². The molecular weight excluding hydrogens is 228 g/mol. The van der Waals surface area contributed by atoms with E-state index in [4.69, 9.17) is 11.0 Å². The van der Waals surface area contributed by atoms with Gasteiger partial charge in [0.15, 0.2) is 5.16 Å². The van der Waals surface area contributed by atoms with Crippen molar-refractivity contribution in [2.24, 2.45) is 0 Å². The Balaban J connectivity index is 3.09. The summed E-state index contributed by atoms with van der Waals surface area (Å²) >= 11 is 2.83. The minimum atomic E-state index is 0.239. The number of rotatable bonds is 4. The Morgan fingerprint density at radius 2 is 2.33 bits per heavy atom. The summed E-state index contributed by atoms with van der Waals surface area (Å²) in [4.78, 5) is 8.26. The van der Waals surface area contributed by atoms with Crippen molar-refractivity contribution in [3.05, 3.63) is 18.2 Å². The fourth-order valence-corrected chi connectivity index (χ4v) is 2.06. The van der Waals surface area contributed by atoms with Gasteiger partial charge in [-0.25, -0.2) is 9.97 Å². The lowest BCUT2D eigenvalue weighted by atomic mass is 10.3. The normalized spacial score (nSPS) is 9.60. The van der Waals surface area contributed by atoms with Gasteiger partial charge in [0.1, 0.15) is 22.5 Å². The van der Waals surface area contributed by atoms with E-state index < -0.39 is 0 Å². The molecule has 0 aliphatic rings. The van der Waals surface area contributed by atoms with Crippen molar-refractivity contribution in [2.75, 3.05) is 17.7 Å². The maximum Gasteiger partial charge on any atom is 0.190 e. The maximum atomic E-state index is 8.85. The zero-order valence-corrected chi connectivity index (χ0v) is 9.86. The van der Waals surface area contributed by atoms with Crippen molar-refractivity contribution < 1.29 is 0 Å². The Kier molecular flexibility index (Phi) is 4.46. The van der Waals surface area contributed by atoms with Gasteiger partial charge < -0.3 is 5.73 Å². The molecule has 0 fully saturated rings. The predicted molar refractivity (Wildman–Crippen MR) is 63.9 cm³/mol. The van der Waals surface area contributed by atoms with Gasteiger partial charge in [0.25, 0.3) is 0 Å². The highest BCUT2D eigenvalue weighted by atomic mass is 32.2. The fraction of sp³-hybridized carbons (Fsp3) is 0.222. The second-order valence-corrected chi connectivity index (χ2v) is 4.27. The van der Waals surface area contributed by atoms with E-state index in [1.165, 1.54) is 23.5 Å². The summed E-state index contributed by atoms with van der Waals surface area (Å²) in [5.74, 6) is 0.961. The molecule has 4 nitrogen and oxygen atoms in total. The molecule has 0 unspecified atom stereocenters. The van der Waals surface area contributed by atoms with Crippen LogP contribution in [-0.2, 0) is 0 Å². The second-order valence-electron chi connectivity index (χ2n) is 2.49. The lowest BCUT2D eigenvalue weighted by molar-refractivity contribution is 0.893. The maximum absolute atomic E-state index is 8.85. The van der Waals surface area contributed by atoms with Crippen LogP contribution in [0.3, 0.4) is 0 Å². The Bertz CT molecular complexity index is 411. The molecule has 0 bridgehead atoms. The summed E-state index contributed by atoms with van der Waals surface area (Å²) in [7, 11) is 0. The minimum absolute atomic E-state index is 0.239. The van der Waals surface area contributed by atoms with Crippen molar-refractivity contribution in [1.82, 2.24) is 9.97 Å². The van der Waals surface area contributed by atoms with Gasteiger partial charge in [0.2, 0.25) is 0 Å². The number of hydrogen-bond donors (Lipinski definition) is 1. The molecule has 0 radical (unpaired) electrons. The van der Waals surface area contributed by atoms with Crippen LogP contribution in [-0.4, -0.2) is 22.0 Å². The summed E-state index contributed by atoms with van der Waals surface area (Å²) < 4.78 is 0. The smallest absolute Gasteiger partial charge is 0.190 e. The Morgan fingerprint density at radius 1 is 1.60 bits per heavy atom. The van der Waals surface area contributed by atoms with Gasteiger partial charge in [-0.3, -0.25) is 0 Å². The summed E-state index contributed by atoms with van der Waals surface area (Å²) in [5.41, 5.74) is 6.01. The van der Waals surface area contributed by atoms with Gasteiger partial charge in [-0.15, -0.1) is 18.3 Å². The van der Waals surface area contributed by atoms with Crippen LogP contribution in [0.2, 0.25) is 0 Å². The molecule has 1 aromatic heterocycles. The molecule has 15 heavy (non-hydrogen) atoms. The number of aromatic nitrogens is 2. The molecule has 0 saturated carbocycles. The first-order valence-electron chi connectivity index (χ1n) is 4.08. The van der Waals surface area contributed by atoms with Crippen molar-refractivity contribution in [1.29, 1.82) is 5.26 Å². The number of anilines is 1. The quantitative estimate of drug-likeness (QED) is 0.374. The molecule has 0 saturated heterocycles. The molecule has 1 rings (SSSR count). The summed E-state index contributed by atoms with van der Waals surface area (Å²) in [6.07, 6.45) is 3.62. The first-order valence-corrected chi connectivity index (χ1v) is 6.29. The highest BCUT2D eigenvalue weighted by Gasteiger charge is 2.11. The lowest BCUT2D eigenvalue weighted by Crippen LogP contribution is -2.01. The molecule has 0 aliphatic heterocycles. The van der Waals surface area contributed by atoms with Gasteiger partial charge in [0.05, 0.1) is 0 Å². The first kappa shape index (κ1) is 11.9. The molecule has 2 N–H and O–H groups in total. The molecule has 0 aliphatic carbocycles. The van der Waals surface area contributed by atoms with Crippen molar-refractivity contribution in [3.8, 4) is 6.07 Å². The Morgan fingerprint density at radius 3 is 2.87 bits per heavy atom. The number of nitriles is 1. The van der Waals surface area contributed by atoms with Crippen LogP contribution in [0, 0.1) is 11.3 Å². The van der Waals surface area contributed by atoms with Gasteiger partial charge in [-0.2, -0.15) is 5.26 Å². The van der Waals surface area contributed by atoms with Gasteiger partial charge >= 0.3 is 0 Å². The molecule has 0 aromatic carbocycles. The van der Waals surface area contributed by atoms with Crippen LogP contribution in [0.1, 0.15) is 5.56 Å². The van der Waals surface area contributed by atoms with Crippen molar-refractivity contribution in [3.63, 3.8) is 0 Å². The van der Waals surface area contributed by atoms with E-state index in [1.54, 1.807) is 6.08 Å². The number of thioether (sulfide) groups is 2. The van der Waals surface area contributed by atoms with Crippen molar-refractivity contribution >= 4 is 29.3 Å². The topological polar surface area (TPSA) is 75.6 Å². The molecule has 1 aromatic rings. The Hall–Kier alpha value is -1.19. The van der Waals surface area contributed by atoms with Crippen LogP contribution in [0.5, 0.6) is 0 Å². The average Bonchev–Trinajstić information content (AvgIpc) is 2.25. The molecule has 78 valence electrons. The van der Waals surface area contributed by atoms with Crippen LogP contribution < -0.4 is 5.73 Å². The van der Waals surface area contributed by atoms with Crippen LogP contribution in [0.4, 0.5) is 5.82 Å². The SMILES string of the molecule is C=CCSc1nc(N)c(C#N)c(SC)n1. The van der Waals surface area contributed by atoms with E-state index in [2.05, 4.69) is 16.5 Å². The van der Waals surface area contributed by atoms with Crippen molar-refractivity contribution in [2.45, 2.75) is 10.2 Å². The average molecular weight is 238 g/mol. The van der Waals surface area contributed by atoms with E-state index >= 15 is 0 Å². The van der Waals surface area contributed by atoms with E-state index in [0.717, 1.165) is 5.75 Å². The van der Waals surface area contributed by atoms with E-state index in [9.17, 15) is 0 Å². The third-order valence-electron chi connectivity index (χ3n) is 1.52. The predicted octanol–water partition coefficient (Wildman–Crippen LogP) is 1.93. The second kappa shape index (κ2) is 5.63. The Labute approximate surface area is 97.0 Å². The summed E-state index contributed by atoms with van der Waals surface area (Å²) in [5, 5.41) is 10.1. The van der Waals surface area contributed by atoms with Gasteiger partial charge in [0, 0.05) is 5.75 Å². The largest absolute Gasteiger partial charge is 0.382 e. The van der Waals surface area contributed by atoms with Gasteiger partial charge in [-0.05, 0) is 6.26 Å². The fourth-order valence-electron chi connectivity index (χ4n) is 0.887. The van der Waals surface area contributed by atoms with E-state index in [1.807, 2.05) is 12.3 Å². The highest BCUT2D eigenvalue weighted by Crippen LogP contribution is 2.24. The zero-order valence-electron chi connectivity index (χ0n) is 8.23. The monoisotopic (exact) mass is 238 g/mol. The standard InChI is InChI=1S/C9H10N4S2/c1-3-4-15-9-12-7(11)6(5-10)8(13-9)14-2/h3H,1,4H2,2H3,(H2,11,12,13). The third-order valence-corrected chi connectivity index (χ3v) is 3.04. The minimum Gasteiger partial charge on any atom is -0.382 e. The number of nitrogen functional groups attached to an aromatic ring is 1. The number of hydrogen-bond acceptors (Lipinski definition) is 6. The summed E-state index contributed by atoms with van der Waals surface area (Å²) in [6.45, 7) is 3.61. The van der Waals surface area contributed by atoms with E-state index in [0.29, 0.717) is 15.7 Å². The number of nitrogens with zero attached hydrogens (tertiary/aromatic N) is 3. The molecule has 1 heterocycles. The lowest BCUT2D eigenvalue weighted by Gasteiger charge is -2.04. The summed E-state index contributed by atoms with van der Waals surface area (Å²) in [6, 6.07) is 2.00. The molecule has 0 spiro atoms. The molecule has 6 heteroatoms. The van der Waals surface area contributed by atoms with Crippen LogP contribution >= 0.6 is 23.5 Å². The molecular formula is C9H10N4S2. The third kappa shape index (κ3) is 2.88. The highest BCUT2D eigenvalue weighted by molar-refractivity contribution is 7.99. The number of nitrogens with two attached hydrogens (primary N) is 1.